The Balaban J connectivity index is 2.50. The molecule has 2 atom stereocenters. The van der Waals surface area contributed by atoms with E-state index < -0.39 is 5.79 Å². The van der Waals surface area contributed by atoms with Crippen molar-refractivity contribution in [3.63, 3.8) is 0 Å². The molecule has 2 unspecified atom stereocenters. The van der Waals surface area contributed by atoms with Crippen LogP contribution in [0.15, 0.2) is 6.20 Å². The van der Waals surface area contributed by atoms with Crippen molar-refractivity contribution in [2.45, 2.75) is 39.1 Å². The predicted molar refractivity (Wildman–Crippen MR) is 70.0 cm³/mol. The Morgan fingerprint density at radius 1 is 1.53 bits per heavy atom. The summed E-state index contributed by atoms with van der Waals surface area (Å²) in [4.78, 5) is 7.89. The van der Waals surface area contributed by atoms with Crippen molar-refractivity contribution < 1.29 is 9.84 Å². The molecule has 0 saturated carbocycles. The van der Waals surface area contributed by atoms with Gasteiger partial charge in [-0.05, 0) is 20.3 Å². The standard InChI is InChI=1S/C11H18N6O2/c1-4-6(2)19-11(3,18)7-5-14-9-8(12)15-10(13)16-17(7)9/h5-6,18H,4H2,1-3H3,(H4,12,13,15,16). The summed E-state index contributed by atoms with van der Waals surface area (Å²) in [5.41, 5.74) is 11.9. The fourth-order valence-corrected chi connectivity index (χ4v) is 1.77. The highest BCUT2D eigenvalue weighted by Gasteiger charge is 2.31. The lowest BCUT2D eigenvalue weighted by atomic mass is 10.2. The number of nitrogen functional groups attached to an aromatic ring is 2. The van der Waals surface area contributed by atoms with Crippen molar-refractivity contribution in [3.8, 4) is 0 Å². The van der Waals surface area contributed by atoms with Crippen LogP contribution in [-0.4, -0.2) is 30.8 Å². The molecule has 0 fully saturated rings. The molecule has 2 rings (SSSR count). The van der Waals surface area contributed by atoms with Crippen LogP contribution in [0, 0.1) is 0 Å². The molecule has 0 aromatic carbocycles. The van der Waals surface area contributed by atoms with E-state index in [2.05, 4.69) is 15.1 Å². The summed E-state index contributed by atoms with van der Waals surface area (Å²) in [6.45, 7) is 5.36. The molecule has 0 aliphatic rings. The average molecular weight is 266 g/mol. The van der Waals surface area contributed by atoms with E-state index >= 15 is 0 Å². The van der Waals surface area contributed by atoms with Gasteiger partial charge in [0.05, 0.1) is 12.3 Å². The Labute approximate surface area is 110 Å². The lowest BCUT2D eigenvalue weighted by Crippen LogP contribution is -2.31. The molecule has 0 bridgehead atoms. The van der Waals surface area contributed by atoms with Gasteiger partial charge in [-0.1, -0.05) is 6.92 Å². The molecular weight excluding hydrogens is 248 g/mol. The first-order valence-corrected chi connectivity index (χ1v) is 6.02. The van der Waals surface area contributed by atoms with E-state index in [1.165, 1.54) is 17.6 Å². The van der Waals surface area contributed by atoms with Gasteiger partial charge in [0.2, 0.25) is 11.7 Å². The third kappa shape index (κ3) is 2.45. The molecule has 8 nitrogen and oxygen atoms in total. The average Bonchev–Trinajstić information content (AvgIpc) is 2.72. The smallest absolute Gasteiger partial charge is 0.240 e. The third-order valence-electron chi connectivity index (χ3n) is 2.89. The second-order valence-corrected chi connectivity index (χ2v) is 4.55. The number of nitrogens with zero attached hydrogens (tertiary/aromatic N) is 4. The Morgan fingerprint density at radius 3 is 2.84 bits per heavy atom. The molecule has 0 saturated heterocycles. The zero-order valence-electron chi connectivity index (χ0n) is 11.2. The minimum absolute atomic E-state index is 0.00332. The lowest BCUT2D eigenvalue weighted by Gasteiger charge is -2.26. The maximum Gasteiger partial charge on any atom is 0.240 e. The number of hydrogen-bond donors (Lipinski definition) is 3. The largest absolute Gasteiger partial charge is 0.380 e. The first kappa shape index (κ1) is 13.5. The van der Waals surface area contributed by atoms with Gasteiger partial charge < -0.3 is 21.3 Å². The van der Waals surface area contributed by atoms with E-state index in [1.807, 2.05) is 13.8 Å². The predicted octanol–water partition coefficient (Wildman–Crippen LogP) is 0.269. The van der Waals surface area contributed by atoms with E-state index in [-0.39, 0.29) is 17.9 Å². The Kier molecular flexibility index (Phi) is 3.29. The second-order valence-electron chi connectivity index (χ2n) is 4.55. The number of hydrogen-bond acceptors (Lipinski definition) is 7. The molecule has 0 amide bonds. The molecule has 104 valence electrons. The van der Waals surface area contributed by atoms with Crippen LogP contribution in [0.4, 0.5) is 11.8 Å². The molecule has 0 radical (unpaired) electrons. The topological polar surface area (TPSA) is 125 Å². The number of aliphatic hydroxyl groups is 1. The molecule has 2 aromatic heterocycles. The third-order valence-corrected chi connectivity index (χ3v) is 2.89. The summed E-state index contributed by atoms with van der Waals surface area (Å²) in [5, 5.41) is 14.4. The van der Waals surface area contributed by atoms with Crippen LogP contribution in [0.1, 0.15) is 32.9 Å². The molecule has 8 heteroatoms. The summed E-state index contributed by atoms with van der Waals surface area (Å²) in [5.74, 6) is -1.39. The summed E-state index contributed by atoms with van der Waals surface area (Å²) in [7, 11) is 0. The van der Waals surface area contributed by atoms with Crippen LogP contribution in [-0.2, 0) is 10.5 Å². The first-order valence-electron chi connectivity index (χ1n) is 6.02. The van der Waals surface area contributed by atoms with E-state index in [4.69, 9.17) is 16.2 Å². The number of aromatic nitrogens is 4. The number of ether oxygens (including phenoxy) is 1. The van der Waals surface area contributed by atoms with Crippen LogP contribution < -0.4 is 11.5 Å². The van der Waals surface area contributed by atoms with Gasteiger partial charge in [-0.3, -0.25) is 0 Å². The molecule has 19 heavy (non-hydrogen) atoms. The van der Waals surface area contributed by atoms with Gasteiger partial charge in [-0.25, -0.2) is 9.50 Å². The highest BCUT2D eigenvalue weighted by Crippen LogP contribution is 2.26. The quantitative estimate of drug-likeness (QED) is 0.678. The normalized spacial score (nSPS) is 16.4. The number of anilines is 2. The molecule has 5 N–H and O–H groups in total. The van der Waals surface area contributed by atoms with E-state index in [0.717, 1.165) is 6.42 Å². The Hall–Kier alpha value is -1.93. The van der Waals surface area contributed by atoms with Gasteiger partial charge in [0.25, 0.3) is 0 Å². The Bertz CT molecular complexity index is 594. The number of imidazole rings is 1. The van der Waals surface area contributed by atoms with Crippen molar-refractivity contribution in [3.05, 3.63) is 11.9 Å². The maximum atomic E-state index is 10.4. The van der Waals surface area contributed by atoms with Gasteiger partial charge in [-0.2, -0.15) is 4.98 Å². The fraction of sp³-hybridized carbons (Fsp3) is 0.545. The zero-order valence-corrected chi connectivity index (χ0v) is 11.2. The SMILES string of the molecule is CCC(C)OC(C)(O)c1cnc2c(N)nc(N)nn12. The molecule has 2 heterocycles. The highest BCUT2D eigenvalue weighted by atomic mass is 16.6. The van der Waals surface area contributed by atoms with Gasteiger partial charge in [-0.15, -0.1) is 5.10 Å². The van der Waals surface area contributed by atoms with Crippen molar-refractivity contribution in [2.75, 3.05) is 11.5 Å². The van der Waals surface area contributed by atoms with Crippen molar-refractivity contribution in [2.24, 2.45) is 0 Å². The Morgan fingerprint density at radius 2 is 2.21 bits per heavy atom. The van der Waals surface area contributed by atoms with E-state index in [9.17, 15) is 5.11 Å². The maximum absolute atomic E-state index is 10.4. The fourth-order valence-electron chi connectivity index (χ4n) is 1.77. The minimum Gasteiger partial charge on any atom is -0.380 e. The van der Waals surface area contributed by atoms with Crippen LogP contribution in [0.25, 0.3) is 5.65 Å². The summed E-state index contributed by atoms with van der Waals surface area (Å²) < 4.78 is 6.92. The number of fused-ring (bicyclic) bond motifs is 1. The molecule has 2 aromatic rings. The minimum atomic E-state index is -1.54. The van der Waals surface area contributed by atoms with Crippen molar-refractivity contribution >= 4 is 17.4 Å². The van der Waals surface area contributed by atoms with Gasteiger partial charge in [0.1, 0.15) is 5.69 Å². The van der Waals surface area contributed by atoms with E-state index in [1.54, 1.807) is 0 Å². The molecule has 0 spiro atoms. The highest BCUT2D eigenvalue weighted by molar-refractivity contribution is 5.60. The summed E-state index contributed by atoms with van der Waals surface area (Å²) in [6.07, 6.45) is 2.10. The van der Waals surface area contributed by atoms with Gasteiger partial charge >= 0.3 is 0 Å². The van der Waals surface area contributed by atoms with Crippen molar-refractivity contribution in [1.29, 1.82) is 0 Å². The zero-order chi connectivity index (χ0) is 14.2. The van der Waals surface area contributed by atoms with Crippen LogP contribution in [0.5, 0.6) is 0 Å². The lowest BCUT2D eigenvalue weighted by molar-refractivity contribution is -0.226. The van der Waals surface area contributed by atoms with Gasteiger partial charge in [0, 0.05) is 0 Å². The molecular formula is C11H18N6O2. The van der Waals surface area contributed by atoms with Gasteiger partial charge in [0.15, 0.2) is 11.5 Å². The first-order chi connectivity index (χ1) is 8.85. The molecule has 0 aliphatic carbocycles. The summed E-state index contributed by atoms with van der Waals surface area (Å²) >= 11 is 0. The number of nitrogens with two attached hydrogens (primary N) is 2. The van der Waals surface area contributed by atoms with Crippen LogP contribution in [0.3, 0.4) is 0 Å². The van der Waals surface area contributed by atoms with Crippen LogP contribution >= 0.6 is 0 Å². The van der Waals surface area contributed by atoms with Crippen LogP contribution in [0.2, 0.25) is 0 Å². The molecule has 0 aliphatic heterocycles. The number of rotatable bonds is 4. The van der Waals surface area contributed by atoms with Crippen molar-refractivity contribution in [1.82, 2.24) is 19.6 Å². The second kappa shape index (κ2) is 4.63. The monoisotopic (exact) mass is 266 g/mol. The van der Waals surface area contributed by atoms with E-state index in [0.29, 0.717) is 11.3 Å². The summed E-state index contributed by atoms with van der Waals surface area (Å²) in [6, 6.07) is 0.